The Labute approximate surface area is 197 Å². The van der Waals surface area contributed by atoms with Crippen LogP contribution in [0.4, 0.5) is 0 Å². The van der Waals surface area contributed by atoms with Gasteiger partial charge in [-0.1, -0.05) is 55.0 Å². The van der Waals surface area contributed by atoms with Crippen molar-refractivity contribution < 1.29 is 14.2 Å². The summed E-state index contributed by atoms with van der Waals surface area (Å²) >= 11 is 4.95. The minimum Gasteiger partial charge on any atom is -0.497 e. The molecule has 1 heterocycles. The first-order chi connectivity index (χ1) is 15.2. The Morgan fingerprint density at radius 2 is 1.74 bits per heavy atom. The third-order valence-corrected chi connectivity index (χ3v) is 7.88. The lowest BCUT2D eigenvalue weighted by molar-refractivity contribution is 0.244. The van der Waals surface area contributed by atoms with Gasteiger partial charge in [-0.25, -0.2) is 0 Å². The Balaban J connectivity index is 1.36. The monoisotopic (exact) mass is 481 g/mol. The van der Waals surface area contributed by atoms with E-state index in [0.29, 0.717) is 4.77 Å². The summed E-state index contributed by atoms with van der Waals surface area (Å²) < 4.78 is 17.5. The predicted molar refractivity (Wildman–Crippen MR) is 131 cm³/mol. The number of hydrogen-bond acceptors (Lipinski definition) is 7. The highest BCUT2D eigenvalue weighted by molar-refractivity contribution is 8.76. The second kappa shape index (κ2) is 12.5. The lowest BCUT2D eigenvalue weighted by Gasteiger charge is -2.15. The first-order valence-electron chi connectivity index (χ1n) is 10.6. The number of nitrogens with one attached hydrogen (secondary N) is 2. The highest BCUT2D eigenvalue weighted by Gasteiger charge is 2.35. The van der Waals surface area contributed by atoms with Crippen molar-refractivity contribution in [2.45, 2.75) is 56.0 Å². The van der Waals surface area contributed by atoms with Gasteiger partial charge in [0.2, 0.25) is 4.77 Å². The molecule has 0 aliphatic heterocycles. The summed E-state index contributed by atoms with van der Waals surface area (Å²) in [4.78, 5) is 4.18. The second-order valence-electron chi connectivity index (χ2n) is 7.37. The van der Waals surface area contributed by atoms with Gasteiger partial charge in [0, 0.05) is 11.7 Å². The maximum atomic E-state index is 5.76. The van der Waals surface area contributed by atoms with Crippen molar-refractivity contribution in [1.82, 2.24) is 15.2 Å². The number of allylic oxidation sites excluding steroid dienone is 1. The van der Waals surface area contributed by atoms with Gasteiger partial charge >= 0.3 is 0 Å². The largest absolute Gasteiger partial charge is 0.497 e. The predicted octanol–water partition coefficient (Wildman–Crippen LogP) is 6.71. The van der Waals surface area contributed by atoms with E-state index in [9.17, 15) is 0 Å². The molecule has 1 unspecified atom stereocenters. The number of hydrogen-bond donors (Lipinski definition) is 2. The lowest BCUT2D eigenvalue weighted by Crippen LogP contribution is -2.01. The Morgan fingerprint density at radius 1 is 0.968 bits per heavy atom. The van der Waals surface area contributed by atoms with Crippen molar-refractivity contribution in [2.24, 2.45) is 0 Å². The third-order valence-electron chi connectivity index (χ3n) is 5.43. The summed E-state index contributed by atoms with van der Waals surface area (Å²) in [6.07, 6.45) is 8.52. The van der Waals surface area contributed by atoms with Crippen molar-refractivity contribution in [3.05, 3.63) is 39.9 Å². The molecule has 9 heteroatoms. The van der Waals surface area contributed by atoms with E-state index >= 15 is 0 Å². The van der Waals surface area contributed by atoms with Crippen LogP contribution in [0.1, 0.15) is 62.0 Å². The van der Waals surface area contributed by atoms with Crippen molar-refractivity contribution in [3.8, 4) is 5.75 Å². The molecular formula is C22H31N3O3S3. The molecular weight excluding hydrogens is 450 g/mol. The van der Waals surface area contributed by atoms with Gasteiger partial charge in [0.15, 0.2) is 10.9 Å². The quantitative estimate of drug-likeness (QED) is 0.177. The number of aromatic amines is 2. The normalized spacial score (nSPS) is 15.3. The van der Waals surface area contributed by atoms with Crippen LogP contribution in [0.3, 0.4) is 0 Å². The van der Waals surface area contributed by atoms with Crippen molar-refractivity contribution in [1.29, 1.82) is 0 Å². The number of nitrogens with zero attached hydrogens (tertiary/aromatic N) is 1. The van der Waals surface area contributed by atoms with Gasteiger partial charge in [0.05, 0.1) is 26.9 Å². The van der Waals surface area contributed by atoms with Crippen LogP contribution < -0.4 is 4.74 Å². The number of rotatable bonds is 14. The standard InChI is InChI=1S/C22H31N3O3S3/c1-26-17-13-10-12-15-16(19(27-2)20(28-3)18(15)17)11-8-6-4-5-7-9-14-30-31-22-23-21(29)24-25-22/h10,12-13,16H,4-9,11,14H2,1-3H3,(H2,23,24,25,29). The first kappa shape index (κ1) is 24.1. The van der Waals surface area contributed by atoms with Gasteiger partial charge in [0.1, 0.15) is 11.5 Å². The average molecular weight is 482 g/mol. The molecule has 0 saturated heterocycles. The van der Waals surface area contributed by atoms with E-state index in [1.807, 2.05) is 22.9 Å². The van der Waals surface area contributed by atoms with E-state index in [4.69, 9.17) is 26.4 Å². The zero-order chi connectivity index (χ0) is 22.1. The zero-order valence-corrected chi connectivity index (χ0v) is 20.8. The number of ether oxygens (including phenoxy) is 3. The fourth-order valence-corrected chi connectivity index (χ4v) is 6.12. The number of methoxy groups -OCH3 is 3. The van der Waals surface area contributed by atoms with Crippen LogP contribution in [0.5, 0.6) is 5.75 Å². The molecule has 1 aliphatic rings. The SMILES string of the molecule is COC1=C(OC)C(CCCCCCCCSSc2nc(=S)[nH][nH]2)c2cccc(OC)c21. The molecule has 0 fully saturated rings. The molecule has 6 nitrogen and oxygen atoms in total. The summed E-state index contributed by atoms with van der Waals surface area (Å²) in [5.74, 6) is 3.95. The lowest BCUT2D eigenvalue weighted by atomic mass is 9.93. The smallest absolute Gasteiger partial charge is 0.214 e. The van der Waals surface area contributed by atoms with Gasteiger partial charge in [-0.3, -0.25) is 10.2 Å². The Kier molecular flexibility index (Phi) is 9.67. The molecule has 3 rings (SSSR count). The average Bonchev–Trinajstić information content (AvgIpc) is 3.34. The van der Waals surface area contributed by atoms with E-state index in [0.717, 1.165) is 40.2 Å². The summed E-state index contributed by atoms with van der Waals surface area (Å²) in [7, 11) is 8.60. The molecule has 0 amide bonds. The molecule has 1 aromatic carbocycles. The third kappa shape index (κ3) is 6.23. The van der Waals surface area contributed by atoms with Crippen LogP contribution in [0, 0.1) is 4.77 Å². The summed E-state index contributed by atoms with van der Waals surface area (Å²) in [5, 5.41) is 6.62. The molecule has 31 heavy (non-hydrogen) atoms. The highest BCUT2D eigenvalue weighted by Crippen LogP contribution is 2.48. The van der Waals surface area contributed by atoms with E-state index in [1.54, 1.807) is 32.1 Å². The van der Waals surface area contributed by atoms with Crippen molar-refractivity contribution >= 4 is 39.6 Å². The number of H-pyrrole nitrogens is 2. The highest BCUT2D eigenvalue weighted by atomic mass is 33.1. The van der Waals surface area contributed by atoms with Gasteiger partial charge in [-0.05, 0) is 47.5 Å². The van der Waals surface area contributed by atoms with Gasteiger partial charge in [-0.15, -0.1) is 0 Å². The topological polar surface area (TPSA) is 72.2 Å². The van der Waals surface area contributed by atoms with E-state index in [-0.39, 0.29) is 5.92 Å². The van der Waals surface area contributed by atoms with Gasteiger partial charge in [0.25, 0.3) is 0 Å². The molecule has 2 N–H and O–H groups in total. The summed E-state index contributed by atoms with van der Waals surface area (Å²) in [6, 6.07) is 6.19. The molecule has 1 aliphatic carbocycles. The molecule has 2 aromatic rings. The van der Waals surface area contributed by atoms with Gasteiger partial charge < -0.3 is 14.2 Å². The van der Waals surface area contributed by atoms with E-state index in [1.165, 1.54) is 44.1 Å². The number of fused-ring (bicyclic) bond motifs is 1. The second-order valence-corrected chi connectivity index (χ2v) is 10.2. The van der Waals surface area contributed by atoms with Crippen LogP contribution >= 0.6 is 33.8 Å². The molecule has 0 saturated carbocycles. The molecule has 0 radical (unpaired) electrons. The van der Waals surface area contributed by atoms with Crippen LogP contribution in [-0.4, -0.2) is 42.3 Å². The van der Waals surface area contributed by atoms with Crippen molar-refractivity contribution in [2.75, 3.05) is 27.1 Å². The molecule has 1 atom stereocenters. The van der Waals surface area contributed by atoms with Crippen molar-refractivity contribution in [3.63, 3.8) is 0 Å². The molecule has 0 spiro atoms. The minimum atomic E-state index is 0.243. The van der Waals surface area contributed by atoms with E-state index < -0.39 is 0 Å². The van der Waals surface area contributed by atoms with Gasteiger partial charge in [-0.2, -0.15) is 4.98 Å². The maximum Gasteiger partial charge on any atom is 0.214 e. The Morgan fingerprint density at radius 3 is 2.42 bits per heavy atom. The number of benzene rings is 1. The Hall–Kier alpha value is -1.58. The summed E-state index contributed by atoms with van der Waals surface area (Å²) in [6.45, 7) is 0. The molecule has 1 aromatic heterocycles. The Bertz CT molecular complexity index is 926. The molecule has 0 bridgehead atoms. The molecule has 170 valence electrons. The van der Waals surface area contributed by atoms with Crippen LogP contribution in [0.2, 0.25) is 0 Å². The fourth-order valence-electron chi connectivity index (χ4n) is 4.01. The zero-order valence-electron chi connectivity index (χ0n) is 18.4. The van der Waals surface area contributed by atoms with Crippen LogP contribution in [-0.2, 0) is 9.47 Å². The number of unbranched alkanes of at least 4 members (excludes halogenated alkanes) is 5. The van der Waals surface area contributed by atoms with E-state index in [2.05, 4.69) is 21.2 Å². The van der Waals surface area contributed by atoms with Crippen LogP contribution in [0.15, 0.2) is 29.1 Å². The number of aromatic nitrogens is 3. The maximum absolute atomic E-state index is 5.76. The van der Waals surface area contributed by atoms with Crippen LogP contribution in [0.25, 0.3) is 5.76 Å². The first-order valence-corrected chi connectivity index (χ1v) is 13.4. The minimum absolute atomic E-state index is 0.243. The summed E-state index contributed by atoms with van der Waals surface area (Å²) in [5.41, 5.74) is 2.29. The fraction of sp³-hybridized carbons (Fsp3) is 0.545.